The lowest BCUT2D eigenvalue weighted by Crippen LogP contribution is -2.35. The highest BCUT2D eigenvalue weighted by molar-refractivity contribution is 6.30. The fraction of sp³-hybridized carbons (Fsp3) is 0.290. The number of halogens is 1. The zero-order valence-corrected chi connectivity index (χ0v) is 25.7. The van der Waals surface area contributed by atoms with Crippen LogP contribution in [0.4, 0.5) is 10.5 Å². The van der Waals surface area contributed by atoms with E-state index in [4.69, 9.17) is 21.1 Å². The van der Waals surface area contributed by atoms with Gasteiger partial charge in [0, 0.05) is 34.4 Å². The first kappa shape index (κ1) is 32.0. The molecule has 2 aromatic heterocycles. The first-order valence-corrected chi connectivity index (χ1v) is 14.1. The van der Waals surface area contributed by atoms with Gasteiger partial charge in [0.2, 0.25) is 0 Å². The van der Waals surface area contributed by atoms with Crippen LogP contribution in [0, 0.1) is 6.92 Å². The Bertz CT molecular complexity index is 1770. The number of anilines is 1. The average Bonchev–Trinajstić information content (AvgIpc) is 2.96. The van der Waals surface area contributed by atoms with E-state index in [-0.39, 0.29) is 29.3 Å². The number of alkyl carbamates (subject to hydrolysis) is 1. The Hall–Kier alpha value is -4.97. The number of carbonyl (C=O) groups is 3. The molecule has 0 radical (unpaired) electrons. The molecule has 230 valence electrons. The lowest BCUT2D eigenvalue weighted by Gasteiger charge is -2.22. The second-order valence-electron chi connectivity index (χ2n) is 11.0. The van der Waals surface area contributed by atoms with Gasteiger partial charge in [-0.05, 0) is 75.6 Å². The third-order valence-corrected chi connectivity index (χ3v) is 6.64. The fourth-order valence-corrected chi connectivity index (χ4v) is 4.45. The molecule has 1 atom stereocenters. The van der Waals surface area contributed by atoms with Gasteiger partial charge in [0.1, 0.15) is 16.8 Å². The second kappa shape index (κ2) is 13.6. The monoisotopic (exact) mass is 620 g/mol. The Morgan fingerprint density at radius 1 is 1.07 bits per heavy atom. The molecule has 4 rings (SSSR count). The summed E-state index contributed by atoms with van der Waals surface area (Å²) in [6, 6.07) is 12.9. The Kier molecular flexibility index (Phi) is 9.84. The quantitative estimate of drug-likeness (QED) is 0.205. The van der Waals surface area contributed by atoms with Gasteiger partial charge in [-0.3, -0.25) is 14.4 Å². The normalized spacial score (nSPS) is 11.9. The smallest absolute Gasteiger partial charge is 0.407 e. The van der Waals surface area contributed by atoms with Crippen LogP contribution in [0.2, 0.25) is 5.02 Å². The highest BCUT2D eigenvalue weighted by Crippen LogP contribution is 2.23. The molecule has 4 N–H and O–H groups in total. The predicted octanol–water partition coefficient (Wildman–Crippen LogP) is 4.93. The van der Waals surface area contributed by atoms with Crippen LogP contribution in [0.3, 0.4) is 0 Å². The molecule has 0 saturated heterocycles. The summed E-state index contributed by atoms with van der Waals surface area (Å²) < 4.78 is 10.3. The maximum atomic E-state index is 13.4. The third kappa shape index (κ3) is 8.32. The summed E-state index contributed by atoms with van der Waals surface area (Å²) in [6.07, 6.45) is 1.22. The van der Waals surface area contributed by atoms with Crippen LogP contribution in [-0.4, -0.2) is 52.1 Å². The van der Waals surface area contributed by atoms with Gasteiger partial charge in [-0.25, -0.2) is 9.78 Å². The molecule has 12 nitrogen and oxygen atoms in total. The third-order valence-electron chi connectivity index (χ3n) is 6.40. The minimum atomic E-state index is -0.672. The van der Waals surface area contributed by atoms with Crippen LogP contribution in [0.5, 0.6) is 6.01 Å². The summed E-state index contributed by atoms with van der Waals surface area (Å²) in [6.45, 7) is 7.30. The number of nitrogens with one attached hydrogen (secondary N) is 4. The number of fused-ring (bicyclic) bond motifs is 1. The van der Waals surface area contributed by atoms with Crippen molar-refractivity contribution in [1.82, 2.24) is 25.6 Å². The van der Waals surface area contributed by atoms with Crippen molar-refractivity contribution in [3.05, 3.63) is 92.4 Å². The first-order chi connectivity index (χ1) is 20.8. The van der Waals surface area contributed by atoms with Gasteiger partial charge in [0.25, 0.3) is 17.4 Å². The fourth-order valence-electron chi connectivity index (χ4n) is 4.25. The van der Waals surface area contributed by atoms with Crippen LogP contribution >= 0.6 is 11.6 Å². The predicted molar refractivity (Wildman–Crippen MR) is 166 cm³/mol. The van der Waals surface area contributed by atoms with Crippen molar-refractivity contribution in [2.24, 2.45) is 0 Å². The van der Waals surface area contributed by atoms with Crippen LogP contribution in [0.15, 0.2) is 59.5 Å². The van der Waals surface area contributed by atoms with Crippen LogP contribution in [-0.2, 0) is 4.74 Å². The van der Waals surface area contributed by atoms with Gasteiger partial charge in [0.05, 0.1) is 13.2 Å². The number of nitrogens with zero attached hydrogens (tertiary/aromatic N) is 2. The summed E-state index contributed by atoms with van der Waals surface area (Å²) >= 11 is 6.21. The number of amides is 3. The van der Waals surface area contributed by atoms with E-state index in [1.54, 1.807) is 58.0 Å². The highest BCUT2D eigenvalue weighted by Gasteiger charge is 2.20. The van der Waals surface area contributed by atoms with Gasteiger partial charge in [-0.15, -0.1) is 0 Å². The van der Waals surface area contributed by atoms with E-state index in [9.17, 15) is 19.2 Å². The summed E-state index contributed by atoms with van der Waals surface area (Å²) in [4.78, 5) is 62.0. The molecule has 0 aliphatic rings. The highest BCUT2D eigenvalue weighted by atomic mass is 35.5. The molecule has 2 heterocycles. The van der Waals surface area contributed by atoms with E-state index in [1.165, 1.54) is 25.4 Å². The van der Waals surface area contributed by atoms with Crippen molar-refractivity contribution >= 4 is 46.2 Å². The number of aryl methyl sites for hydroxylation is 1. The lowest BCUT2D eigenvalue weighted by atomic mass is 10.0. The SMILES string of the molecule is COc1ncc2cc(C(=O)Nc3cc(C(=O)N[C@@H](CCNC(=O)OC(C)(C)C)c4cccc(Cl)c4)ccc3C)c(=O)[nH]c2n1. The standard InChI is InChI=1S/C31H33ClN6O6/c1-17-9-10-19(15-24(17)36-27(40)22-14-20-16-34-29(43-5)38-25(20)37-28(22)41)26(39)35-23(18-7-6-8-21(32)13-18)11-12-33-30(42)44-31(2,3)4/h6-10,13-16,23H,11-12H2,1-5H3,(H,33,42)(H,35,39)(H,36,40)(H,34,37,38,41)/t23-/m0/s1. The van der Waals surface area contributed by atoms with E-state index in [2.05, 4.69) is 30.9 Å². The van der Waals surface area contributed by atoms with Crippen molar-refractivity contribution in [1.29, 1.82) is 0 Å². The maximum absolute atomic E-state index is 13.4. The Morgan fingerprint density at radius 2 is 1.84 bits per heavy atom. The maximum Gasteiger partial charge on any atom is 0.407 e. The topological polar surface area (TPSA) is 164 Å². The molecule has 0 unspecified atom stereocenters. The van der Waals surface area contributed by atoms with E-state index in [1.807, 2.05) is 6.07 Å². The van der Waals surface area contributed by atoms with E-state index < -0.39 is 35.1 Å². The molecule has 3 amide bonds. The molecule has 0 spiro atoms. The number of hydrogen-bond donors (Lipinski definition) is 4. The number of carbonyl (C=O) groups excluding carboxylic acids is 3. The number of hydrogen-bond acceptors (Lipinski definition) is 8. The summed E-state index contributed by atoms with van der Waals surface area (Å²) in [5.74, 6) is -1.09. The molecule has 0 aliphatic carbocycles. The molecule has 0 saturated carbocycles. The van der Waals surface area contributed by atoms with Crippen molar-refractivity contribution in [2.45, 2.75) is 45.8 Å². The van der Waals surface area contributed by atoms with Gasteiger partial charge in [0.15, 0.2) is 0 Å². The molecule has 13 heteroatoms. The zero-order valence-electron chi connectivity index (χ0n) is 24.9. The van der Waals surface area contributed by atoms with E-state index in [0.717, 1.165) is 5.56 Å². The van der Waals surface area contributed by atoms with Crippen LogP contribution in [0.25, 0.3) is 11.0 Å². The van der Waals surface area contributed by atoms with Crippen molar-refractivity contribution in [3.8, 4) is 6.01 Å². The Labute approximate surface area is 258 Å². The van der Waals surface area contributed by atoms with Gasteiger partial charge in [-0.1, -0.05) is 29.8 Å². The molecule has 4 aromatic rings. The van der Waals surface area contributed by atoms with Crippen molar-refractivity contribution in [3.63, 3.8) is 0 Å². The largest absolute Gasteiger partial charge is 0.467 e. The number of ether oxygens (including phenoxy) is 2. The average molecular weight is 621 g/mol. The van der Waals surface area contributed by atoms with Gasteiger partial charge >= 0.3 is 12.1 Å². The lowest BCUT2D eigenvalue weighted by molar-refractivity contribution is 0.0526. The molecule has 0 fully saturated rings. The molecule has 0 aliphatic heterocycles. The Morgan fingerprint density at radius 3 is 2.55 bits per heavy atom. The summed E-state index contributed by atoms with van der Waals surface area (Å²) in [5.41, 5.74) is 0.815. The van der Waals surface area contributed by atoms with Crippen molar-refractivity contribution in [2.75, 3.05) is 19.0 Å². The van der Waals surface area contributed by atoms with E-state index in [0.29, 0.717) is 28.1 Å². The number of aromatic nitrogens is 3. The number of aromatic amines is 1. The van der Waals surface area contributed by atoms with Crippen LogP contribution < -0.4 is 26.2 Å². The van der Waals surface area contributed by atoms with E-state index >= 15 is 0 Å². The Balaban J connectivity index is 1.51. The summed E-state index contributed by atoms with van der Waals surface area (Å²) in [7, 11) is 1.40. The molecule has 44 heavy (non-hydrogen) atoms. The van der Waals surface area contributed by atoms with Gasteiger partial charge < -0.3 is 30.4 Å². The van der Waals surface area contributed by atoms with Gasteiger partial charge in [-0.2, -0.15) is 4.98 Å². The van der Waals surface area contributed by atoms with Crippen molar-refractivity contribution < 1.29 is 23.9 Å². The first-order valence-electron chi connectivity index (χ1n) is 13.7. The number of pyridine rings is 1. The molecule has 0 bridgehead atoms. The zero-order chi connectivity index (χ0) is 32.0. The minimum Gasteiger partial charge on any atom is -0.467 e. The number of rotatable bonds is 9. The summed E-state index contributed by atoms with van der Waals surface area (Å²) in [5, 5.41) is 9.35. The molecular weight excluding hydrogens is 588 g/mol. The van der Waals surface area contributed by atoms with Crippen LogP contribution in [0.1, 0.15) is 65.1 Å². The number of benzene rings is 2. The second-order valence-corrected chi connectivity index (χ2v) is 11.4. The molecular formula is C31H33ClN6O6. The number of methoxy groups -OCH3 is 1. The molecule has 2 aromatic carbocycles. The number of H-pyrrole nitrogens is 1. The minimum absolute atomic E-state index is 0.0768.